The predicted molar refractivity (Wildman–Crippen MR) is 98.5 cm³/mol. The van der Waals surface area contributed by atoms with Crippen molar-refractivity contribution >= 4 is 17.3 Å². The molecule has 0 radical (unpaired) electrons. The number of hydrogen-bond donors (Lipinski definition) is 1. The van der Waals surface area contributed by atoms with Gasteiger partial charge in [-0.1, -0.05) is 48.0 Å². The van der Waals surface area contributed by atoms with Crippen molar-refractivity contribution in [3.05, 3.63) is 69.6 Å². The fourth-order valence-corrected chi connectivity index (χ4v) is 3.43. The van der Waals surface area contributed by atoms with Gasteiger partial charge < -0.3 is 5.32 Å². The second-order valence-corrected chi connectivity index (χ2v) is 6.65. The number of halogens is 1. The Balaban J connectivity index is 1.49. The van der Waals surface area contributed by atoms with E-state index in [1.165, 1.54) is 5.56 Å². The molecule has 0 unspecified atom stereocenters. The zero-order valence-corrected chi connectivity index (χ0v) is 14.4. The fraction of sp³-hybridized carbons (Fsp3) is 0.368. The van der Waals surface area contributed by atoms with Gasteiger partial charge in [0.15, 0.2) is 0 Å². The third kappa shape index (κ3) is 4.41. The van der Waals surface area contributed by atoms with Crippen LogP contribution in [0.1, 0.15) is 24.0 Å². The van der Waals surface area contributed by atoms with E-state index in [0.717, 1.165) is 38.0 Å². The number of hydrogen-bond acceptors (Lipinski definition) is 4. The van der Waals surface area contributed by atoms with Crippen LogP contribution in [0.25, 0.3) is 0 Å². The van der Waals surface area contributed by atoms with Crippen LogP contribution in [0.2, 0.25) is 5.02 Å². The average molecular weight is 344 g/mol. The second kappa shape index (κ2) is 8.38. The first kappa shape index (κ1) is 17.1. The van der Waals surface area contributed by atoms with Gasteiger partial charge in [0.25, 0.3) is 0 Å². The van der Waals surface area contributed by atoms with E-state index in [9.17, 15) is 4.91 Å². The molecule has 2 aromatic carbocycles. The minimum atomic E-state index is 0.427. The molecule has 1 N–H and O–H groups in total. The molecular weight excluding hydrogens is 322 g/mol. The Morgan fingerprint density at radius 2 is 1.83 bits per heavy atom. The van der Waals surface area contributed by atoms with Gasteiger partial charge in [0, 0.05) is 29.7 Å². The molecule has 4 nitrogen and oxygen atoms in total. The molecule has 1 aliphatic heterocycles. The average Bonchev–Trinajstić information content (AvgIpc) is 2.62. The highest BCUT2D eigenvalue weighted by Crippen LogP contribution is 2.27. The van der Waals surface area contributed by atoms with Gasteiger partial charge in [-0.15, -0.1) is 4.91 Å². The van der Waals surface area contributed by atoms with Gasteiger partial charge in [-0.05, 0) is 48.8 Å². The van der Waals surface area contributed by atoms with Gasteiger partial charge in [-0.3, -0.25) is 4.90 Å². The Morgan fingerprint density at radius 1 is 1.08 bits per heavy atom. The smallest absolute Gasteiger partial charge is 0.113 e. The molecule has 1 saturated heterocycles. The Kier molecular flexibility index (Phi) is 5.96. The Bertz CT molecular complexity index is 670. The van der Waals surface area contributed by atoms with Gasteiger partial charge in [0.05, 0.1) is 0 Å². The lowest BCUT2D eigenvalue weighted by atomic mass is 10.0. The maximum Gasteiger partial charge on any atom is 0.113 e. The first-order valence-electron chi connectivity index (χ1n) is 8.36. The summed E-state index contributed by atoms with van der Waals surface area (Å²) >= 11 is 6.19. The molecule has 3 rings (SSSR count). The molecule has 1 heterocycles. The number of nitrogens with one attached hydrogen (secondary N) is 1. The number of rotatable bonds is 6. The van der Waals surface area contributed by atoms with Crippen molar-refractivity contribution in [2.24, 2.45) is 5.18 Å². The lowest BCUT2D eigenvalue weighted by Crippen LogP contribution is -2.41. The van der Waals surface area contributed by atoms with E-state index in [-0.39, 0.29) is 0 Å². The summed E-state index contributed by atoms with van der Waals surface area (Å²) < 4.78 is 0. The van der Waals surface area contributed by atoms with E-state index < -0.39 is 0 Å². The minimum Gasteiger partial charge on any atom is -0.310 e. The summed E-state index contributed by atoms with van der Waals surface area (Å²) in [5.41, 5.74) is 2.58. The minimum absolute atomic E-state index is 0.427. The van der Waals surface area contributed by atoms with Gasteiger partial charge in [-0.2, -0.15) is 0 Å². The van der Waals surface area contributed by atoms with E-state index in [0.29, 0.717) is 23.3 Å². The number of likely N-dealkylation sites (tertiary alicyclic amines) is 1. The molecule has 1 aliphatic rings. The predicted octanol–water partition coefficient (Wildman–Crippen LogP) is 4.49. The normalized spacial score (nSPS) is 16.2. The highest BCUT2D eigenvalue weighted by molar-refractivity contribution is 6.31. The number of nitroso groups, excluding NO2 is 1. The standard InChI is InChI=1S/C19H22ClN3O/c20-18-7-4-8-19(22-24)17(18)13-21-16-9-11-23(12-10-16)14-15-5-2-1-3-6-15/h1-8,16,21H,9-14H2. The lowest BCUT2D eigenvalue weighted by molar-refractivity contribution is 0.190. The van der Waals surface area contributed by atoms with Crippen molar-refractivity contribution in [1.29, 1.82) is 0 Å². The summed E-state index contributed by atoms with van der Waals surface area (Å²) in [6.45, 7) is 3.75. The van der Waals surface area contributed by atoms with Crippen molar-refractivity contribution in [1.82, 2.24) is 10.2 Å². The zero-order valence-electron chi connectivity index (χ0n) is 13.6. The van der Waals surface area contributed by atoms with Crippen molar-refractivity contribution in [3.63, 3.8) is 0 Å². The molecule has 24 heavy (non-hydrogen) atoms. The maximum absolute atomic E-state index is 10.9. The van der Waals surface area contributed by atoms with Gasteiger partial charge in [0.2, 0.25) is 0 Å². The van der Waals surface area contributed by atoms with Crippen molar-refractivity contribution < 1.29 is 0 Å². The largest absolute Gasteiger partial charge is 0.310 e. The Morgan fingerprint density at radius 3 is 2.54 bits per heavy atom. The maximum atomic E-state index is 10.9. The Hall–Kier alpha value is -1.75. The third-order valence-corrected chi connectivity index (χ3v) is 4.95. The molecule has 0 aliphatic carbocycles. The first-order valence-corrected chi connectivity index (χ1v) is 8.74. The summed E-state index contributed by atoms with van der Waals surface area (Å²) in [5.74, 6) is 0. The van der Waals surface area contributed by atoms with E-state index in [2.05, 4.69) is 45.7 Å². The highest BCUT2D eigenvalue weighted by atomic mass is 35.5. The molecule has 0 spiro atoms. The summed E-state index contributed by atoms with van der Waals surface area (Å²) in [5, 5.41) is 7.20. The van der Waals surface area contributed by atoms with Crippen LogP contribution in [0, 0.1) is 4.91 Å². The van der Waals surface area contributed by atoms with E-state index in [4.69, 9.17) is 11.6 Å². The van der Waals surface area contributed by atoms with Crippen LogP contribution < -0.4 is 5.32 Å². The zero-order chi connectivity index (χ0) is 16.8. The Labute approximate surface area is 147 Å². The van der Waals surface area contributed by atoms with Crippen LogP contribution in [-0.2, 0) is 13.1 Å². The van der Waals surface area contributed by atoms with Crippen LogP contribution >= 0.6 is 11.6 Å². The third-order valence-electron chi connectivity index (χ3n) is 4.60. The number of benzene rings is 2. The number of nitrogens with zero attached hydrogens (tertiary/aromatic N) is 2. The van der Waals surface area contributed by atoms with Crippen LogP contribution in [0.5, 0.6) is 0 Å². The fourth-order valence-electron chi connectivity index (χ4n) is 3.19. The summed E-state index contributed by atoms with van der Waals surface area (Å²) in [6.07, 6.45) is 2.20. The topological polar surface area (TPSA) is 44.7 Å². The molecule has 0 aromatic heterocycles. The van der Waals surface area contributed by atoms with Crippen molar-refractivity contribution in [3.8, 4) is 0 Å². The molecule has 0 saturated carbocycles. The highest BCUT2D eigenvalue weighted by Gasteiger charge is 2.19. The molecule has 5 heteroatoms. The first-order chi connectivity index (χ1) is 11.8. The van der Waals surface area contributed by atoms with Crippen LogP contribution in [0.15, 0.2) is 53.7 Å². The molecule has 0 bridgehead atoms. The van der Waals surface area contributed by atoms with Crippen molar-refractivity contribution in [2.75, 3.05) is 13.1 Å². The van der Waals surface area contributed by atoms with Crippen LogP contribution in [0.4, 0.5) is 5.69 Å². The summed E-state index contributed by atoms with van der Waals surface area (Å²) in [7, 11) is 0. The van der Waals surface area contributed by atoms with Crippen LogP contribution in [-0.4, -0.2) is 24.0 Å². The van der Waals surface area contributed by atoms with E-state index in [1.807, 2.05) is 0 Å². The number of piperidine rings is 1. The van der Waals surface area contributed by atoms with Crippen molar-refractivity contribution in [2.45, 2.75) is 32.0 Å². The second-order valence-electron chi connectivity index (χ2n) is 6.25. The molecular formula is C19H22ClN3O. The monoisotopic (exact) mass is 343 g/mol. The molecule has 0 atom stereocenters. The van der Waals surface area contributed by atoms with E-state index >= 15 is 0 Å². The summed E-state index contributed by atoms with van der Waals surface area (Å²) in [4.78, 5) is 13.4. The SMILES string of the molecule is O=Nc1cccc(Cl)c1CNC1CCN(Cc2ccccc2)CC1. The molecule has 2 aromatic rings. The lowest BCUT2D eigenvalue weighted by Gasteiger charge is -2.32. The van der Waals surface area contributed by atoms with E-state index in [1.54, 1.807) is 18.2 Å². The van der Waals surface area contributed by atoms with Gasteiger partial charge >= 0.3 is 0 Å². The summed E-state index contributed by atoms with van der Waals surface area (Å²) in [6, 6.07) is 16.3. The molecule has 1 fully saturated rings. The van der Waals surface area contributed by atoms with Gasteiger partial charge in [-0.25, -0.2) is 0 Å². The van der Waals surface area contributed by atoms with Gasteiger partial charge in [0.1, 0.15) is 5.69 Å². The quantitative estimate of drug-likeness (QED) is 0.786. The van der Waals surface area contributed by atoms with Crippen LogP contribution in [0.3, 0.4) is 0 Å². The molecule has 0 amide bonds. The molecule has 126 valence electrons.